The number of rotatable bonds is 4. The average molecular weight is 372 g/mol. The molecule has 2 aromatic rings. The van der Waals surface area contributed by atoms with Gasteiger partial charge >= 0.3 is 0 Å². The van der Waals surface area contributed by atoms with Crippen molar-refractivity contribution in [2.75, 3.05) is 0 Å². The topological polar surface area (TPSA) is 93.0 Å². The van der Waals surface area contributed by atoms with Gasteiger partial charge in [0.15, 0.2) is 23.3 Å². The highest BCUT2D eigenvalue weighted by Gasteiger charge is 2.25. The fourth-order valence-electron chi connectivity index (χ4n) is 1.84. The maximum atomic E-state index is 13.7. The molecule has 0 N–H and O–H groups in total. The van der Waals surface area contributed by atoms with Crippen LogP contribution in [0.1, 0.15) is 0 Å². The predicted octanol–water partition coefficient (Wildman–Crippen LogP) is 3.01. The molecule has 0 radical (unpaired) electrons. The van der Waals surface area contributed by atoms with Crippen molar-refractivity contribution >= 4 is 33.4 Å². The zero-order chi connectivity index (χ0) is 18.8. The Bertz CT molecular complexity index is 947. The minimum Gasteiger partial charge on any atom is -0.219 e. The van der Waals surface area contributed by atoms with E-state index in [1.807, 2.05) is 0 Å². The van der Waals surface area contributed by atoms with Crippen molar-refractivity contribution in [3.05, 3.63) is 47.5 Å². The van der Waals surface area contributed by atoms with Gasteiger partial charge in [0, 0.05) is 0 Å². The van der Waals surface area contributed by atoms with E-state index in [1.165, 1.54) is 0 Å². The monoisotopic (exact) mass is 372 g/mol. The van der Waals surface area contributed by atoms with Gasteiger partial charge in [-0.3, -0.25) is 0 Å². The summed E-state index contributed by atoms with van der Waals surface area (Å²) in [7, 11) is -4.73. The zero-order valence-corrected chi connectivity index (χ0v) is 12.6. The molecule has 6 nitrogen and oxygen atoms in total. The van der Waals surface area contributed by atoms with Crippen molar-refractivity contribution in [1.29, 1.82) is 0 Å². The predicted molar refractivity (Wildman–Crippen MR) is 73.7 cm³/mol. The summed E-state index contributed by atoms with van der Waals surface area (Å²) >= 11 is 0. The number of halogens is 4. The first-order valence-electron chi connectivity index (χ1n) is 6.11. The van der Waals surface area contributed by atoms with Gasteiger partial charge in [-0.1, -0.05) is 0 Å². The molecular weight excluding hydrogens is 368 g/mol. The molecule has 0 spiro atoms. The maximum Gasteiger partial charge on any atom is 0.240 e. The largest absolute Gasteiger partial charge is 0.240 e. The Hall–Kier alpha value is -3.13. The lowest BCUT2D eigenvalue weighted by molar-refractivity contribution is 0.555. The van der Waals surface area contributed by atoms with Crippen LogP contribution >= 0.6 is 0 Å². The second-order valence-electron chi connectivity index (χ2n) is 4.38. The molecule has 0 aliphatic heterocycles. The molecule has 0 saturated heterocycles. The second kappa shape index (κ2) is 6.78. The molecular formula is C14H4F4N2O4S. The minimum atomic E-state index is -4.73. The highest BCUT2D eigenvalue weighted by atomic mass is 32.2. The Kier molecular flexibility index (Phi) is 4.94. The molecule has 0 aliphatic carbocycles. The molecule has 0 atom stereocenters. The van der Waals surface area contributed by atoms with E-state index in [1.54, 1.807) is 0 Å². The highest BCUT2D eigenvalue weighted by Crippen LogP contribution is 2.31. The van der Waals surface area contributed by atoms with E-state index >= 15 is 0 Å². The molecule has 0 fully saturated rings. The Morgan fingerprint density at radius 1 is 0.680 bits per heavy atom. The van der Waals surface area contributed by atoms with E-state index in [2.05, 4.69) is 9.98 Å². The number of nitrogens with zero attached hydrogens (tertiary/aromatic N) is 2. The Balaban J connectivity index is 2.68. The number of carbonyl (C=O) groups excluding carboxylic acids is 2. The number of hydrogen-bond acceptors (Lipinski definition) is 6. The lowest BCUT2D eigenvalue weighted by atomic mass is 10.3. The fraction of sp³-hybridized carbons (Fsp3) is 0. The van der Waals surface area contributed by atoms with E-state index in [4.69, 9.17) is 0 Å². The van der Waals surface area contributed by atoms with E-state index in [0.29, 0.717) is 24.3 Å². The Morgan fingerprint density at radius 3 is 1.20 bits per heavy atom. The number of aliphatic imine (C=N–C) groups is 2. The second-order valence-corrected chi connectivity index (χ2v) is 6.33. The van der Waals surface area contributed by atoms with Gasteiger partial charge < -0.3 is 0 Å². The van der Waals surface area contributed by atoms with Gasteiger partial charge in [-0.15, -0.1) is 0 Å². The first-order chi connectivity index (χ1) is 11.7. The van der Waals surface area contributed by atoms with Crippen molar-refractivity contribution in [3.63, 3.8) is 0 Å². The van der Waals surface area contributed by atoms with Crippen molar-refractivity contribution in [3.8, 4) is 0 Å². The molecule has 0 aromatic heterocycles. The normalized spacial score (nSPS) is 10.7. The third-order valence-corrected chi connectivity index (χ3v) is 4.63. The van der Waals surface area contributed by atoms with Gasteiger partial charge in [0.1, 0.15) is 11.4 Å². The van der Waals surface area contributed by atoms with Gasteiger partial charge in [-0.2, -0.15) is 9.98 Å². The summed E-state index contributed by atoms with van der Waals surface area (Å²) in [6.45, 7) is 0. The third kappa shape index (κ3) is 3.38. The molecule has 128 valence electrons. The van der Waals surface area contributed by atoms with Crippen LogP contribution in [0.15, 0.2) is 44.0 Å². The van der Waals surface area contributed by atoms with Crippen LogP contribution in [-0.4, -0.2) is 20.6 Å². The van der Waals surface area contributed by atoms with Gasteiger partial charge in [0.2, 0.25) is 22.0 Å². The molecule has 0 amide bonds. The number of isocyanates is 2. The van der Waals surface area contributed by atoms with Gasteiger partial charge in [-0.05, 0) is 24.3 Å². The van der Waals surface area contributed by atoms with E-state index in [0.717, 1.165) is 12.2 Å². The summed E-state index contributed by atoms with van der Waals surface area (Å²) in [4.78, 5) is 23.7. The zero-order valence-electron chi connectivity index (χ0n) is 11.8. The van der Waals surface area contributed by atoms with Crippen molar-refractivity contribution in [1.82, 2.24) is 0 Å². The van der Waals surface area contributed by atoms with E-state index in [9.17, 15) is 35.6 Å². The van der Waals surface area contributed by atoms with Crippen LogP contribution in [0.5, 0.6) is 0 Å². The molecule has 0 saturated carbocycles. The van der Waals surface area contributed by atoms with Crippen molar-refractivity contribution < 1.29 is 35.6 Å². The first-order valence-corrected chi connectivity index (χ1v) is 7.59. The highest BCUT2D eigenvalue weighted by molar-refractivity contribution is 7.91. The Morgan fingerprint density at radius 2 is 0.960 bits per heavy atom. The van der Waals surface area contributed by atoms with Crippen LogP contribution in [-0.2, 0) is 19.4 Å². The first kappa shape index (κ1) is 18.2. The molecule has 2 aromatic carbocycles. The SMILES string of the molecule is O=C=Nc1c(F)cc(S(=O)(=O)c2cc(F)c(N=C=O)c(F)c2)cc1F. The average Bonchev–Trinajstić information content (AvgIpc) is 2.53. The summed E-state index contributed by atoms with van der Waals surface area (Å²) in [6.07, 6.45) is 1.79. The minimum absolute atomic E-state index is 0.321. The maximum absolute atomic E-state index is 13.7. The van der Waals surface area contributed by atoms with Crippen molar-refractivity contribution in [2.45, 2.75) is 9.79 Å². The van der Waals surface area contributed by atoms with Crippen LogP contribution in [0.3, 0.4) is 0 Å². The quantitative estimate of drug-likeness (QED) is 0.468. The Labute approximate surface area is 137 Å². The molecule has 25 heavy (non-hydrogen) atoms. The number of sulfone groups is 1. The van der Waals surface area contributed by atoms with Crippen LogP contribution in [0.4, 0.5) is 28.9 Å². The number of hydrogen-bond donors (Lipinski definition) is 0. The summed E-state index contributed by atoms with van der Waals surface area (Å²) in [5, 5.41) is 0. The molecule has 0 bridgehead atoms. The van der Waals surface area contributed by atoms with Crippen LogP contribution < -0.4 is 0 Å². The van der Waals surface area contributed by atoms with E-state index in [-0.39, 0.29) is 0 Å². The smallest absolute Gasteiger partial charge is 0.219 e. The summed E-state index contributed by atoms with van der Waals surface area (Å²) in [5.74, 6) is -5.98. The molecule has 11 heteroatoms. The van der Waals surface area contributed by atoms with Gasteiger partial charge in [-0.25, -0.2) is 35.6 Å². The summed E-state index contributed by atoms with van der Waals surface area (Å²) in [5.41, 5.74) is -2.14. The van der Waals surface area contributed by atoms with Crippen LogP contribution in [0, 0.1) is 23.3 Å². The third-order valence-electron chi connectivity index (χ3n) is 2.92. The lowest BCUT2D eigenvalue weighted by Gasteiger charge is -2.08. The van der Waals surface area contributed by atoms with Gasteiger partial charge in [0.05, 0.1) is 9.79 Å². The summed E-state index contributed by atoms with van der Waals surface area (Å²) < 4.78 is 79.3. The van der Waals surface area contributed by atoms with E-state index < -0.39 is 54.3 Å². The van der Waals surface area contributed by atoms with Crippen LogP contribution in [0.2, 0.25) is 0 Å². The lowest BCUT2D eigenvalue weighted by Crippen LogP contribution is -2.05. The number of benzene rings is 2. The standard InChI is InChI=1S/C14H4F4N2O4S/c15-9-1-7(2-10(16)13(9)19-5-21)25(23,24)8-3-11(17)14(20-6-22)12(18)4-8/h1-4H. The fourth-order valence-corrected chi connectivity index (χ4v) is 3.14. The molecule has 0 heterocycles. The molecule has 0 unspecified atom stereocenters. The van der Waals surface area contributed by atoms with Crippen molar-refractivity contribution in [2.24, 2.45) is 9.98 Å². The van der Waals surface area contributed by atoms with Gasteiger partial charge in [0.25, 0.3) is 0 Å². The molecule has 0 aliphatic rings. The molecule has 2 rings (SSSR count). The van der Waals surface area contributed by atoms with Crippen LogP contribution in [0.25, 0.3) is 0 Å². The summed E-state index contributed by atoms with van der Waals surface area (Å²) in [6, 6.07) is 1.29.